The van der Waals surface area contributed by atoms with E-state index >= 15 is 0 Å². The summed E-state index contributed by atoms with van der Waals surface area (Å²) in [5, 5.41) is 0. The average Bonchev–Trinajstić information content (AvgIpc) is 2.67. The van der Waals surface area contributed by atoms with Gasteiger partial charge in [0.2, 0.25) is 5.91 Å². The maximum absolute atomic E-state index is 11.4. The molecule has 2 heterocycles. The lowest BCUT2D eigenvalue weighted by Crippen LogP contribution is -2.37. The standard InChI is InChI=1S/C12H18N4O/c1-8-5-10(15-6-9(8)13)16-4-3-12(2,7-16)11(14)17/h5-6H,3-4,7,13H2,1-2H3,(H2,14,17). The molecular weight excluding hydrogens is 216 g/mol. The number of carbonyl (C=O) groups is 1. The molecule has 1 unspecified atom stereocenters. The van der Waals surface area contributed by atoms with Crippen molar-refractivity contribution >= 4 is 17.4 Å². The molecule has 0 saturated carbocycles. The third-order valence-corrected chi connectivity index (χ3v) is 3.53. The number of aryl methyl sites for hydroxylation is 1. The van der Waals surface area contributed by atoms with Gasteiger partial charge in [-0.3, -0.25) is 4.79 Å². The Hall–Kier alpha value is -1.78. The number of anilines is 2. The van der Waals surface area contributed by atoms with Crippen molar-refractivity contribution in [3.8, 4) is 0 Å². The predicted molar refractivity (Wildman–Crippen MR) is 67.5 cm³/mol. The highest BCUT2D eigenvalue weighted by Gasteiger charge is 2.39. The van der Waals surface area contributed by atoms with Gasteiger partial charge < -0.3 is 16.4 Å². The smallest absolute Gasteiger partial charge is 0.225 e. The summed E-state index contributed by atoms with van der Waals surface area (Å²) in [4.78, 5) is 17.8. The molecule has 1 saturated heterocycles. The highest BCUT2D eigenvalue weighted by atomic mass is 16.1. The molecule has 0 bridgehead atoms. The number of nitrogen functional groups attached to an aromatic ring is 1. The summed E-state index contributed by atoms with van der Waals surface area (Å²) < 4.78 is 0. The van der Waals surface area contributed by atoms with Gasteiger partial charge in [-0.15, -0.1) is 0 Å². The number of amides is 1. The SMILES string of the molecule is Cc1cc(N2CCC(C)(C(N)=O)C2)ncc1N. The first-order valence-electron chi connectivity index (χ1n) is 5.69. The average molecular weight is 234 g/mol. The molecule has 5 heteroatoms. The van der Waals surface area contributed by atoms with E-state index in [-0.39, 0.29) is 5.91 Å². The van der Waals surface area contributed by atoms with Crippen molar-refractivity contribution < 1.29 is 4.79 Å². The van der Waals surface area contributed by atoms with Crippen LogP contribution in [0.3, 0.4) is 0 Å². The van der Waals surface area contributed by atoms with Crippen molar-refractivity contribution in [2.75, 3.05) is 23.7 Å². The Balaban J connectivity index is 2.21. The molecule has 0 radical (unpaired) electrons. The van der Waals surface area contributed by atoms with Crippen LogP contribution in [0, 0.1) is 12.3 Å². The van der Waals surface area contributed by atoms with Gasteiger partial charge in [-0.1, -0.05) is 0 Å². The topological polar surface area (TPSA) is 85.2 Å². The third-order valence-electron chi connectivity index (χ3n) is 3.53. The van der Waals surface area contributed by atoms with Crippen molar-refractivity contribution in [2.24, 2.45) is 11.1 Å². The predicted octanol–water partition coefficient (Wildman–Crippen LogP) is 0.674. The Morgan fingerprint density at radius 3 is 2.82 bits per heavy atom. The molecule has 1 aliphatic rings. The summed E-state index contributed by atoms with van der Waals surface area (Å²) in [5.41, 5.74) is 12.4. The highest BCUT2D eigenvalue weighted by Crippen LogP contribution is 2.32. The second-order valence-corrected chi connectivity index (χ2v) is 5.00. The number of carbonyl (C=O) groups excluding carboxylic acids is 1. The van der Waals surface area contributed by atoms with Gasteiger partial charge in [-0.05, 0) is 31.9 Å². The maximum atomic E-state index is 11.4. The van der Waals surface area contributed by atoms with Gasteiger partial charge >= 0.3 is 0 Å². The molecule has 17 heavy (non-hydrogen) atoms. The lowest BCUT2D eigenvalue weighted by Gasteiger charge is -2.22. The Labute approximate surface area is 101 Å². The lowest BCUT2D eigenvalue weighted by atomic mass is 9.89. The van der Waals surface area contributed by atoms with Crippen molar-refractivity contribution in [3.05, 3.63) is 17.8 Å². The van der Waals surface area contributed by atoms with Crippen molar-refractivity contribution in [3.63, 3.8) is 0 Å². The number of nitrogens with two attached hydrogens (primary N) is 2. The number of hydrogen-bond donors (Lipinski definition) is 2. The number of hydrogen-bond acceptors (Lipinski definition) is 4. The van der Waals surface area contributed by atoms with Crippen LogP contribution < -0.4 is 16.4 Å². The Bertz CT molecular complexity index is 460. The van der Waals surface area contributed by atoms with E-state index in [0.717, 1.165) is 24.3 Å². The minimum atomic E-state index is -0.447. The zero-order valence-corrected chi connectivity index (χ0v) is 10.2. The first-order chi connectivity index (χ1) is 7.92. The molecule has 0 aliphatic carbocycles. The molecule has 1 atom stereocenters. The van der Waals surface area contributed by atoms with Crippen LogP contribution in [-0.2, 0) is 4.79 Å². The molecule has 5 nitrogen and oxygen atoms in total. The molecule has 1 aromatic rings. The molecule has 1 fully saturated rings. The first kappa shape index (κ1) is 11.7. The minimum absolute atomic E-state index is 0.243. The van der Waals surface area contributed by atoms with Crippen LogP contribution in [0.2, 0.25) is 0 Å². The van der Waals surface area contributed by atoms with Crippen molar-refractivity contribution in [1.82, 2.24) is 4.98 Å². The monoisotopic (exact) mass is 234 g/mol. The fraction of sp³-hybridized carbons (Fsp3) is 0.500. The van der Waals surface area contributed by atoms with E-state index in [1.165, 1.54) is 0 Å². The Kier molecular flexibility index (Phi) is 2.69. The first-order valence-corrected chi connectivity index (χ1v) is 5.69. The van der Waals surface area contributed by atoms with E-state index in [1.54, 1.807) is 6.20 Å². The summed E-state index contributed by atoms with van der Waals surface area (Å²) >= 11 is 0. The quantitative estimate of drug-likeness (QED) is 0.787. The number of rotatable bonds is 2. The van der Waals surface area contributed by atoms with Crippen LogP contribution in [0.25, 0.3) is 0 Å². The van der Waals surface area contributed by atoms with Gasteiger partial charge in [0, 0.05) is 13.1 Å². The van der Waals surface area contributed by atoms with E-state index in [2.05, 4.69) is 9.88 Å². The fourth-order valence-corrected chi connectivity index (χ4v) is 2.08. The fourth-order valence-electron chi connectivity index (χ4n) is 2.08. The second-order valence-electron chi connectivity index (χ2n) is 5.00. The van der Waals surface area contributed by atoms with Gasteiger partial charge in [0.05, 0.1) is 17.3 Å². The van der Waals surface area contributed by atoms with E-state index in [1.807, 2.05) is 19.9 Å². The summed E-state index contributed by atoms with van der Waals surface area (Å²) in [6.07, 6.45) is 2.43. The summed E-state index contributed by atoms with van der Waals surface area (Å²) in [7, 11) is 0. The van der Waals surface area contributed by atoms with E-state index in [4.69, 9.17) is 11.5 Å². The number of aromatic nitrogens is 1. The molecular formula is C12H18N4O. The van der Waals surface area contributed by atoms with Gasteiger partial charge in [-0.25, -0.2) is 4.98 Å². The largest absolute Gasteiger partial charge is 0.397 e. The number of primary amides is 1. The Morgan fingerprint density at radius 1 is 1.59 bits per heavy atom. The second kappa shape index (κ2) is 3.91. The zero-order valence-electron chi connectivity index (χ0n) is 10.2. The van der Waals surface area contributed by atoms with E-state index in [9.17, 15) is 4.79 Å². The molecule has 2 rings (SSSR count). The number of pyridine rings is 1. The van der Waals surface area contributed by atoms with E-state index in [0.29, 0.717) is 12.2 Å². The highest BCUT2D eigenvalue weighted by molar-refractivity contribution is 5.82. The molecule has 92 valence electrons. The van der Waals surface area contributed by atoms with Gasteiger partial charge in [0.1, 0.15) is 5.82 Å². The molecule has 1 aromatic heterocycles. The van der Waals surface area contributed by atoms with Crippen molar-refractivity contribution in [1.29, 1.82) is 0 Å². The molecule has 0 aromatic carbocycles. The number of nitrogens with zero attached hydrogens (tertiary/aromatic N) is 2. The Morgan fingerprint density at radius 2 is 2.29 bits per heavy atom. The van der Waals surface area contributed by atoms with Crippen LogP contribution in [0.5, 0.6) is 0 Å². The van der Waals surface area contributed by atoms with Gasteiger partial charge in [-0.2, -0.15) is 0 Å². The zero-order chi connectivity index (χ0) is 12.6. The van der Waals surface area contributed by atoms with Crippen LogP contribution in [-0.4, -0.2) is 24.0 Å². The lowest BCUT2D eigenvalue weighted by molar-refractivity contribution is -0.125. The molecule has 1 aliphatic heterocycles. The van der Waals surface area contributed by atoms with Crippen LogP contribution in [0.1, 0.15) is 18.9 Å². The minimum Gasteiger partial charge on any atom is -0.397 e. The van der Waals surface area contributed by atoms with E-state index < -0.39 is 5.41 Å². The normalized spacial score (nSPS) is 24.0. The molecule has 0 spiro atoms. The summed E-state index contributed by atoms with van der Waals surface area (Å²) in [6.45, 7) is 5.28. The summed E-state index contributed by atoms with van der Waals surface area (Å²) in [6, 6.07) is 1.95. The van der Waals surface area contributed by atoms with Gasteiger partial charge in [0.25, 0.3) is 0 Å². The van der Waals surface area contributed by atoms with Crippen LogP contribution in [0.15, 0.2) is 12.3 Å². The third kappa shape index (κ3) is 2.05. The molecule has 1 amide bonds. The van der Waals surface area contributed by atoms with Crippen LogP contribution in [0.4, 0.5) is 11.5 Å². The molecule has 4 N–H and O–H groups in total. The maximum Gasteiger partial charge on any atom is 0.225 e. The van der Waals surface area contributed by atoms with Crippen molar-refractivity contribution in [2.45, 2.75) is 20.3 Å². The summed E-state index contributed by atoms with van der Waals surface area (Å²) in [5.74, 6) is 0.619. The van der Waals surface area contributed by atoms with Gasteiger partial charge in [0.15, 0.2) is 0 Å². The van der Waals surface area contributed by atoms with Crippen LogP contribution >= 0.6 is 0 Å².